The predicted molar refractivity (Wildman–Crippen MR) is 54.8 cm³/mol. The summed E-state index contributed by atoms with van der Waals surface area (Å²) in [5, 5.41) is 15.5. The molecule has 2 heteroatoms. The molecule has 2 N–H and O–H groups in total. The third-order valence-corrected chi connectivity index (χ3v) is 0.968. The van der Waals surface area contributed by atoms with Crippen LogP contribution < -0.4 is 0 Å². The number of hydrogen-bond donors (Lipinski definition) is 2. The van der Waals surface area contributed by atoms with Gasteiger partial charge in [0.1, 0.15) is 5.76 Å². The fourth-order valence-corrected chi connectivity index (χ4v) is 0.420. The summed E-state index contributed by atoms with van der Waals surface area (Å²) in [5.74, 6) is 0.00111. The largest absolute Gasteiger partial charge is 0.509 e. The van der Waals surface area contributed by atoms with Crippen LogP contribution in [0.15, 0.2) is 36.1 Å². The standard InChI is InChI=1S/C8H11NO.C2H6/c1-3-8(6-9)5-4-7(2)10;1-2/h3-6,9-10H,2H2,1H3;1-2H3/b5-4-,8-3+,9-6?;. The van der Waals surface area contributed by atoms with Crippen molar-refractivity contribution in [2.45, 2.75) is 20.8 Å². The molecule has 0 fully saturated rings. The number of aliphatic hydroxyl groups is 1. The lowest BCUT2D eigenvalue weighted by Crippen LogP contribution is -1.76. The molecule has 0 aliphatic carbocycles. The molecular weight excluding hydrogens is 150 g/mol. The molecule has 0 aliphatic heterocycles. The molecule has 0 aromatic heterocycles. The topological polar surface area (TPSA) is 44.1 Å². The lowest BCUT2D eigenvalue weighted by Gasteiger charge is -1.87. The Hall–Kier alpha value is -1.31. The van der Waals surface area contributed by atoms with Gasteiger partial charge in [0.05, 0.1) is 0 Å². The molecule has 0 aromatic carbocycles. The van der Waals surface area contributed by atoms with Gasteiger partial charge in [-0.3, -0.25) is 0 Å². The number of hydrogen-bond acceptors (Lipinski definition) is 2. The SMILES string of the molecule is C=C(O)/C=C\C(C=N)=C/C.CC. The summed E-state index contributed by atoms with van der Waals surface area (Å²) < 4.78 is 0. The van der Waals surface area contributed by atoms with E-state index in [-0.39, 0.29) is 5.76 Å². The Morgan fingerprint density at radius 1 is 1.33 bits per heavy atom. The van der Waals surface area contributed by atoms with E-state index in [2.05, 4.69) is 6.58 Å². The van der Waals surface area contributed by atoms with Crippen LogP contribution in [-0.2, 0) is 0 Å². The van der Waals surface area contributed by atoms with Gasteiger partial charge in [-0.25, -0.2) is 0 Å². The smallest absolute Gasteiger partial charge is 0.108 e. The summed E-state index contributed by atoms with van der Waals surface area (Å²) in [7, 11) is 0. The average Bonchev–Trinajstić information content (AvgIpc) is 2.09. The van der Waals surface area contributed by atoms with Crippen molar-refractivity contribution in [3.05, 3.63) is 36.1 Å². The Morgan fingerprint density at radius 3 is 2.08 bits per heavy atom. The highest BCUT2D eigenvalue weighted by Gasteiger charge is 1.81. The number of aliphatic hydroxyl groups excluding tert-OH is 1. The van der Waals surface area contributed by atoms with E-state index in [1.54, 1.807) is 12.2 Å². The quantitative estimate of drug-likeness (QED) is 0.378. The van der Waals surface area contributed by atoms with Crippen LogP contribution in [0.5, 0.6) is 0 Å². The van der Waals surface area contributed by atoms with Crippen molar-refractivity contribution in [2.24, 2.45) is 0 Å². The summed E-state index contributed by atoms with van der Waals surface area (Å²) >= 11 is 0. The van der Waals surface area contributed by atoms with Gasteiger partial charge in [0.15, 0.2) is 0 Å². The van der Waals surface area contributed by atoms with Gasteiger partial charge in [0, 0.05) is 6.21 Å². The Balaban J connectivity index is 0. The average molecular weight is 167 g/mol. The van der Waals surface area contributed by atoms with Crippen LogP contribution in [0.1, 0.15) is 20.8 Å². The molecule has 0 amide bonds. The van der Waals surface area contributed by atoms with Crippen molar-refractivity contribution in [3.8, 4) is 0 Å². The molecule has 0 heterocycles. The molecule has 2 nitrogen and oxygen atoms in total. The molecule has 68 valence electrons. The first kappa shape index (κ1) is 13.3. The molecule has 0 saturated heterocycles. The minimum absolute atomic E-state index is 0.00111. The lowest BCUT2D eigenvalue weighted by molar-refractivity contribution is 0.435. The summed E-state index contributed by atoms with van der Waals surface area (Å²) in [6.07, 6.45) is 6.04. The summed E-state index contributed by atoms with van der Waals surface area (Å²) in [6, 6.07) is 0. The van der Waals surface area contributed by atoms with Crippen LogP contribution in [0.25, 0.3) is 0 Å². The first-order chi connectivity index (χ1) is 5.70. The van der Waals surface area contributed by atoms with E-state index in [1.807, 2.05) is 20.8 Å². The number of allylic oxidation sites excluding steroid dienone is 4. The molecular formula is C10H17NO. The van der Waals surface area contributed by atoms with Crippen LogP contribution in [0.4, 0.5) is 0 Å². The first-order valence-electron chi connectivity index (χ1n) is 3.93. The highest BCUT2D eigenvalue weighted by molar-refractivity contribution is 5.79. The Labute approximate surface area is 74.4 Å². The zero-order valence-electron chi connectivity index (χ0n) is 7.96. The molecule has 0 aliphatic rings. The Kier molecular flexibility index (Phi) is 10.7. The van der Waals surface area contributed by atoms with Crippen molar-refractivity contribution in [1.82, 2.24) is 0 Å². The zero-order valence-corrected chi connectivity index (χ0v) is 7.96. The van der Waals surface area contributed by atoms with Crippen molar-refractivity contribution in [1.29, 1.82) is 5.41 Å². The molecule has 0 radical (unpaired) electrons. The van der Waals surface area contributed by atoms with Gasteiger partial charge in [-0.15, -0.1) is 0 Å². The van der Waals surface area contributed by atoms with Gasteiger partial charge in [0.25, 0.3) is 0 Å². The lowest BCUT2D eigenvalue weighted by atomic mass is 10.2. The van der Waals surface area contributed by atoms with E-state index in [0.717, 1.165) is 5.57 Å². The van der Waals surface area contributed by atoms with Gasteiger partial charge in [0.2, 0.25) is 0 Å². The van der Waals surface area contributed by atoms with Gasteiger partial charge in [-0.2, -0.15) is 0 Å². The molecule has 0 aromatic rings. The molecule has 0 rings (SSSR count). The second kappa shape index (κ2) is 9.69. The maximum Gasteiger partial charge on any atom is 0.108 e. The van der Waals surface area contributed by atoms with Gasteiger partial charge in [-0.1, -0.05) is 32.6 Å². The van der Waals surface area contributed by atoms with Crippen molar-refractivity contribution < 1.29 is 5.11 Å². The highest BCUT2D eigenvalue weighted by atomic mass is 16.3. The van der Waals surface area contributed by atoms with Crippen LogP contribution in [0, 0.1) is 5.41 Å². The minimum atomic E-state index is 0.00111. The van der Waals surface area contributed by atoms with Crippen molar-refractivity contribution >= 4 is 6.21 Å². The fraction of sp³-hybridized carbons (Fsp3) is 0.300. The van der Waals surface area contributed by atoms with E-state index in [0.29, 0.717) is 0 Å². The van der Waals surface area contributed by atoms with Crippen LogP contribution in [-0.4, -0.2) is 11.3 Å². The second-order valence-electron chi connectivity index (χ2n) is 1.76. The van der Waals surface area contributed by atoms with Gasteiger partial charge < -0.3 is 10.5 Å². The maximum absolute atomic E-state index is 8.61. The molecule has 0 bridgehead atoms. The molecule has 0 saturated carbocycles. The maximum atomic E-state index is 8.61. The van der Waals surface area contributed by atoms with Crippen LogP contribution in [0.2, 0.25) is 0 Å². The zero-order chi connectivity index (χ0) is 9.98. The van der Waals surface area contributed by atoms with E-state index < -0.39 is 0 Å². The summed E-state index contributed by atoms with van der Waals surface area (Å²) in [5.41, 5.74) is 0.746. The van der Waals surface area contributed by atoms with E-state index in [4.69, 9.17) is 10.5 Å². The van der Waals surface area contributed by atoms with Crippen LogP contribution >= 0.6 is 0 Å². The van der Waals surface area contributed by atoms with Gasteiger partial charge >= 0.3 is 0 Å². The summed E-state index contributed by atoms with van der Waals surface area (Å²) in [4.78, 5) is 0. The van der Waals surface area contributed by atoms with Gasteiger partial charge in [-0.05, 0) is 18.6 Å². The van der Waals surface area contributed by atoms with E-state index in [1.165, 1.54) is 12.3 Å². The number of rotatable bonds is 3. The van der Waals surface area contributed by atoms with Crippen molar-refractivity contribution in [2.75, 3.05) is 0 Å². The fourth-order valence-electron chi connectivity index (χ4n) is 0.420. The monoisotopic (exact) mass is 167 g/mol. The third-order valence-electron chi connectivity index (χ3n) is 0.968. The summed E-state index contributed by atoms with van der Waals surface area (Å²) in [6.45, 7) is 9.09. The molecule has 12 heavy (non-hydrogen) atoms. The molecule has 0 spiro atoms. The molecule has 0 atom stereocenters. The van der Waals surface area contributed by atoms with Crippen molar-refractivity contribution in [3.63, 3.8) is 0 Å². The normalized spacial score (nSPS) is 10.4. The third kappa shape index (κ3) is 8.69. The van der Waals surface area contributed by atoms with Crippen LogP contribution in [0.3, 0.4) is 0 Å². The Bertz CT molecular complexity index is 190. The number of nitrogens with one attached hydrogen (secondary N) is 1. The Morgan fingerprint density at radius 2 is 1.83 bits per heavy atom. The minimum Gasteiger partial charge on any atom is -0.509 e. The van der Waals surface area contributed by atoms with E-state index in [9.17, 15) is 0 Å². The molecule has 0 unspecified atom stereocenters. The second-order valence-corrected chi connectivity index (χ2v) is 1.76. The van der Waals surface area contributed by atoms with E-state index >= 15 is 0 Å². The predicted octanol–water partition coefficient (Wildman–Crippen LogP) is 3.24. The first-order valence-corrected chi connectivity index (χ1v) is 3.93. The highest BCUT2D eigenvalue weighted by Crippen LogP contribution is 1.94.